The van der Waals surface area contributed by atoms with Crippen LogP contribution in [0.1, 0.15) is 48.2 Å². The smallest absolute Gasteiger partial charge is 0.256 e. The van der Waals surface area contributed by atoms with E-state index in [0.717, 1.165) is 25.2 Å². The first-order valence-electron chi connectivity index (χ1n) is 12.5. The molecule has 3 aromatic rings. The number of carbonyl (C=O) groups is 1. The molecule has 0 saturated heterocycles. The molecule has 37 heavy (non-hydrogen) atoms. The summed E-state index contributed by atoms with van der Waals surface area (Å²) in [5, 5.41) is 21.7. The first-order valence-corrected chi connectivity index (χ1v) is 12.5. The third-order valence-corrected chi connectivity index (χ3v) is 6.34. The Morgan fingerprint density at radius 3 is 2.84 bits per heavy atom. The van der Waals surface area contributed by atoms with Gasteiger partial charge in [0.15, 0.2) is 0 Å². The molecule has 0 bridgehead atoms. The van der Waals surface area contributed by atoms with Crippen molar-refractivity contribution in [1.82, 2.24) is 25.6 Å². The van der Waals surface area contributed by atoms with Crippen LogP contribution in [0.2, 0.25) is 0 Å². The van der Waals surface area contributed by atoms with Gasteiger partial charge in [-0.15, -0.1) is 0 Å². The number of amides is 1. The lowest BCUT2D eigenvalue weighted by molar-refractivity contribution is 0.0847. The van der Waals surface area contributed by atoms with Gasteiger partial charge in [0.25, 0.3) is 5.91 Å². The maximum Gasteiger partial charge on any atom is 0.256 e. The van der Waals surface area contributed by atoms with Gasteiger partial charge in [-0.3, -0.25) is 4.79 Å². The molecule has 1 aliphatic heterocycles. The van der Waals surface area contributed by atoms with Crippen LogP contribution < -0.4 is 26.0 Å². The molecule has 190 valence electrons. The van der Waals surface area contributed by atoms with Crippen molar-refractivity contribution in [2.75, 3.05) is 17.2 Å². The summed E-state index contributed by atoms with van der Waals surface area (Å²) in [6.45, 7) is 5.60. The van der Waals surface area contributed by atoms with E-state index in [9.17, 15) is 4.79 Å². The minimum atomic E-state index is -0.284. The second-order valence-corrected chi connectivity index (χ2v) is 9.64. The Balaban J connectivity index is 1.37. The number of anilines is 4. The van der Waals surface area contributed by atoms with Crippen molar-refractivity contribution >= 4 is 29.2 Å². The monoisotopic (exact) mass is 498 g/mol. The number of pyridine rings is 1. The van der Waals surface area contributed by atoms with E-state index in [0.29, 0.717) is 41.9 Å². The van der Waals surface area contributed by atoms with Gasteiger partial charge in [0.2, 0.25) is 11.8 Å². The average molecular weight is 499 g/mol. The van der Waals surface area contributed by atoms with E-state index in [2.05, 4.69) is 54.4 Å². The molecule has 0 atom stereocenters. The highest BCUT2D eigenvalue weighted by Gasteiger charge is 2.31. The fourth-order valence-corrected chi connectivity index (χ4v) is 4.34. The van der Waals surface area contributed by atoms with Gasteiger partial charge in [-0.2, -0.15) is 15.2 Å². The van der Waals surface area contributed by atoms with Gasteiger partial charge in [0.05, 0.1) is 12.0 Å². The molecule has 5 rings (SSSR count). The summed E-state index contributed by atoms with van der Waals surface area (Å²) in [5.41, 5.74) is 3.76. The summed E-state index contributed by atoms with van der Waals surface area (Å²) >= 11 is 0. The van der Waals surface area contributed by atoms with Gasteiger partial charge in [-0.25, -0.2) is 4.98 Å². The van der Waals surface area contributed by atoms with E-state index in [1.165, 1.54) is 17.3 Å². The number of hydrogen-bond donors (Lipinski definition) is 4. The molecule has 2 aliphatic rings. The molecule has 2 aromatic heterocycles. The first-order chi connectivity index (χ1) is 18.0. The fraction of sp³-hybridized carbons (Fsp3) is 0.370. The van der Waals surface area contributed by atoms with Crippen molar-refractivity contribution < 1.29 is 9.53 Å². The Kier molecular flexibility index (Phi) is 7.14. The molecule has 4 N–H and O–H groups in total. The van der Waals surface area contributed by atoms with Gasteiger partial charge in [-0.1, -0.05) is 12.1 Å². The van der Waals surface area contributed by atoms with Gasteiger partial charge in [-0.05, 0) is 56.1 Å². The zero-order valence-corrected chi connectivity index (χ0v) is 20.9. The zero-order valence-electron chi connectivity index (χ0n) is 20.9. The van der Waals surface area contributed by atoms with Gasteiger partial charge in [0, 0.05) is 43.4 Å². The number of aromatic nitrogens is 3. The molecule has 1 amide bonds. The maximum absolute atomic E-state index is 12.9. The number of nitrogens with zero attached hydrogens (tertiary/aromatic N) is 4. The molecule has 1 aromatic carbocycles. The van der Waals surface area contributed by atoms with Crippen LogP contribution >= 0.6 is 0 Å². The third kappa shape index (κ3) is 5.95. The highest BCUT2D eigenvalue weighted by molar-refractivity contribution is 5.99. The molecule has 3 heterocycles. The normalized spacial score (nSPS) is 18.2. The van der Waals surface area contributed by atoms with Crippen molar-refractivity contribution in [2.24, 2.45) is 5.92 Å². The van der Waals surface area contributed by atoms with E-state index in [4.69, 9.17) is 10.00 Å². The second kappa shape index (κ2) is 10.8. The van der Waals surface area contributed by atoms with Crippen molar-refractivity contribution in [1.29, 1.82) is 5.26 Å². The molecular weight excluding hydrogens is 468 g/mol. The lowest BCUT2D eigenvalue weighted by atomic mass is 9.83. The molecule has 1 aliphatic carbocycles. The van der Waals surface area contributed by atoms with Crippen molar-refractivity contribution in [3.8, 4) is 11.9 Å². The predicted molar refractivity (Wildman–Crippen MR) is 140 cm³/mol. The quantitative estimate of drug-likeness (QED) is 0.365. The van der Waals surface area contributed by atoms with Gasteiger partial charge < -0.3 is 26.0 Å². The minimum Gasteiger partial charge on any atom is -0.474 e. The predicted octanol–water partition coefficient (Wildman–Crippen LogP) is 3.82. The van der Waals surface area contributed by atoms with Crippen LogP contribution in [-0.4, -0.2) is 39.5 Å². The minimum absolute atomic E-state index is 0.0125. The molecule has 10 heteroatoms. The molecule has 10 nitrogen and oxygen atoms in total. The zero-order chi connectivity index (χ0) is 25.8. The third-order valence-electron chi connectivity index (χ3n) is 6.34. The van der Waals surface area contributed by atoms with Gasteiger partial charge >= 0.3 is 0 Å². The molecule has 1 fully saturated rings. The summed E-state index contributed by atoms with van der Waals surface area (Å²) in [7, 11) is 0. The Morgan fingerprint density at radius 1 is 1.16 bits per heavy atom. The summed E-state index contributed by atoms with van der Waals surface area (Å²) in [4.78, 5) is 26.4. The molecular formula is C27H30N8O2. The average Bonchev–Trinajstić information content (AvgIpc) is 2.86. The summed E-state index contributed by atoms with van der Waals surface area (Å²) < 4.78 is 5.91. The number of nitriles is 1. The van der Waals surface area contributed by atoms with Crippen molar-refractivity contribution in [2.45, 2.75) is 51.8 Å². The Bertz CT molecular complexity index is 1330. The number of hydrogen-bond acceptors (Lipinski definition) is 9. The van der Waals surface area contributed by atoms with E-state index in [-0.39, 0.29) is 24.0 Å². The van der Waals surface area contributed by atoms with E-state index >= 15 is 0 Å². The van der Waals surface area contributed by atoms with Crippen LogP contribution in [0.4, 0.5) is 23.3 Å². The first kappa shape index (κ1) is 24.5. The maximum atomic E-state index is 12.9. The van der Waals surface area contributed by atoms with E-state index in [1.807, 2.05) is 26.0 Å². The number of nitrogens with one attached hydrogen (secondary N) is 4. The lowest BCUT2D eigenvalue weighted by Crippen LogP contribution is -2.33. The molecule has 1 saturated carbocycles. The number of rotatable bonds is 8. The topological polar surface area (TPSA) is 137 Å². The standard InChI is InChI=1S/C27H30N8O2/c1-16(2)31-26(36)22-15-30-27(32-20-7-6-18-8-9-29-14-19(18)12-20)35-25(22)34-23-4-3-5-24(33-23)37-21-10-17(11-21)13-28/h3-7,12,15-17,21,29H,8-11,14H2,1-2H3,(H,31,36)(H2,30,32,33,34,35). The van der Waals surface area contributed by atoms with Gasteiger partial charge in [0.1, 0.15) is 23.3 Å². The number of carbonyl (C=O) groups excluding carboxylic acids is 1. The van der Waals surface area contributed by atoms with Crippen LogP contribution in [0, 0.1) is 17.2 Å². The Morgan fingerprint density at radius 2 is 2.03 bits per heavy atom. The number of ether oxygens (including phenoxy) is 1. The molecule has 0 spiro atoms. The van der Waals surface area contributed by atoms with Crippen LogP contribution in [0.3, 0.4) is 0 Å². The summed E-state index contributed by atoms with van der Waals surface area (Å²) in [6.07, 6.45) is 3.91. The van der Waals surface area contributed by atoms with Crippen LogP contribution in [0.25, 0.3) is 0 Å². The summed E-state index contributed by atoms with van der Waals surface area (Å²) in [5.74, 6) is 1.39. The Hall–Kier alpha value is -4.23. The van der Waals surface area contributed by atoms with Crippen LogP contribution in [0.5, 0.6) is 5.88 Å². The summed E-state index contributed by atoms with van der Waals surface area (Å²) in [6, 6.07) is 13.8. The van der Waals surface area contributed by atoms with Crippen molar-refractivity contribution in [3.63, 3.8) is 0 Å². The largest absolute Gasteiger partial charge is 0.474 e. The Labute approximate surface area is 215 Å². The molecule has 0 radical (unpaired) electrons. The SMILES string of the molecule is CC(C)NC(=O)c1cnc(Nc2ccc3c(c2)CNCC3)nc1Nc1cccc(OC2CC(C#N)C2)n1. The lowest BCUT2D eigenvalue weighted by Gasteiger charge is -2.30. The molecule has 0 unspecified atom stereocenters. The highest BCUT2D eigenvalue weighted by atomic mass is 16.5. The second-order valence-electron chi connectivity index (χ2n) is 9.64. The number of fused-ring (bicyclic) bond motifs is 1. The van der Waals surface area contributed by atoms with Crippen LogP contribution in [-0.2, 0) is 13.0 Å². The van der Waals surface area contributed by atoms with E-state index < -0.39 is 0 Å². The van der Waals surface area contributed by atoms with Crippen LogP contribution in [0.15, 0.2) is 42.6 Å². The number of benzene rings is 1. The van der Waals surface area contributed by atoms with Crippen molar-refractivity contribution in [3.05, 3.63) is 59.3 Å². The van der Waals surface area contributed by atoms with E-state index in [1.54, 1.807) is 12.1 Å². The fourth-order valence-electron chi connectivity index (χ4n) is 4.34. The highest BCUT2D eigenvalue weighted by Crippen LogP contribution is 2.31.